The molecule has 15 N–H and O–H groups in total. The standard InChI is InChI=1S/C31H28O10.C30H26O11/c1-12-3-19-21(34)7-15(32)9-25(19)40-30(12)14-5-17-18(11-24(37)29(39)27(17)28(38)23(36)6-14)31-13(2)4-20-22(35)8-16(33)10-26(20)41-31;1-11-2-17-19(33)5-13(31)7-24(17)40-29(11)12-3-15-16(9-22(36)28(39)26(15)27(38)21(35)4-12)30-23(37)10-18-20(34)6-14(32)8-25(18)41-30/h5-13,30-35,37,39H,3-4H2,1-2H3,(H,36,38);3-9,11,23,29-34,36-37,39H,2,10H2,1H3,(H,35,38)/t12-,13-,30?,31+;11-,23+,29?,30-/m11/s1. The van der Waals surface area contributed by atoms with Crippen LogP contribution >= 0.6 is 0 Å². The molecule has 4 aliphatic rings. The van der Waals surface area contributed by atoms with Crippen LogP contribution in [0.1, 0.15) is 89.7 Å². The molecule has 8 aromatic rings. The van der Waals surface area contributed by atoms with E-state index in [1.54, 1.807) is 6.07 Å². The molecule has 12 rings (SSSR count). The molecule has 0 aromatic heterocycles. The van der Waals surface area contributed by atoms with Gasteiger partial charge >= 0.3 is 0 Å². The lowest BCUT2D eigenvalue weighted by Gasteiger charge is -2.33. The van der Waals surface area contributed by atoms with E-state index in [0.717, 1.165) is 18.2 Å². The van der Waals surface area contributed by atoms with Gasteiger partial charge in [0.25, 0.3) is 0 Å². The first-order valence-corrected chi connectivity index (χ1v) is 25.9. The van der Waals surface area contributed by atoms with Crippen molar-refractivity contribution in [3.8, 4) is 103 Å². The van der Waals surface area contributed by atoms with Crippen molar-refractivity contribution in [2.24, 2.45) is 17.8 Å². The Morgan fingerprint density at radius 1 is 0.341 bits per heavy atom. The van der Waals surface area contributed by atoms with Crippen molar-refractivity contribution in [1.29, 1.82) is 0 Å². The van der Waals surface area contributed by atoms with Crippen molar-refractivity contribution in [1.82, 2.24) is 0 Å². The zero-order valence-corrected chi connectivity index (χ0v) is 43.7. The topological polar surface area (TPSA) is 375 Å². The minimum Gasteiger partial charge on any atom is -0.508 e. The average Bonchev–Trinajstić information content (AvgIpc) is 2.10. The normalized spacial score (nSPS) is 21.4. The SMILES string of the molecule is C[C@@H]1Cc2c(O)cc(O)cc2OC1c1cc(=O)c(O)c2c(O)c(O)cc([C@H]3Oc4cc(O)cc(O)c4C[C@@H]3O)c2c1.C[C@@H]1Cc2c(O)cc(O)cc2OC1c1cc(=O)c(O)c2c(O)c(O)cc([C@H]3Oc4cc(O)cc(O)c4C[C@H]3C)c2c1. The molecule has 0 fully saturated rings. The molecule has 0 radical (unpaired) electrons. The number of aromatic hydroxyl groups is 14. The first kappa shape index (κ1) is 54.0. The summed E-state index contributed by atoms with van der Waals surface area (Å²) >= 11 is 0. The van der Waals surface area contributed by atoms with E-state index in [0.29, 0.717) is 47.1 Å². The van der Waals surface area contributed by atoms with Crippen LogP contribution in [-0.4, -0.2) is 82.7 Å². The fourth-order valence-electron chi connectivity index (χ4n) is 11.8. The van der Waals surface area contributed by atoms with E-state index < -0.39 is 75.9 Å². The Balaban J connectivity index is 0.000000172. The molecule has 0 aliphatic carbocycles. The lowest BCUT2D eigenvalue weighted by molar-refractivity contribution is 0.0205. The van der Waals surface area contributed by atoms with E-state index >= 15 is 0 Å². The third-order valence-corrected chi connectivity index (χ3v) is 15.7. The Morgan fingerprint density at radius 3 is 1.01 bits per heavy atom. The molecule has 4 heterocycles. The molecule has 21 heteroatoms. The highest BCUT2D eigenvalue weighted by molar-refractivity contribution is 5.99. The lowest BCUT2D eigenvalue weighted by Crippen LogP contribution is -2.30. The molecule has 8 aromatic carbocycles. The van der Waals surface area contributed by atoms with Crippen LogP contribution in [0.4, 0.5) is 0 Å². The van der Waals surface area contributed by atoms with Crippen molar-refractivity contribution in [3.05, 3.63) is 150 Å². The smallest absolute Gasteiger partial charge is 0.221 e. The quantitative estimate of drug-likeness (QED) is 0.0737. The third-order valence-electron chi connectivity index (χ3n) is 15.7. The first-order chi connectivity index (χ1) is 38.8. The van der Waals surface area contributed by atoms with Gasteiger partial charge in [0, 0.05) is 106 Å². The number of hydrogen-bond donors (Lipinski definition) is 15. The number of benzene rings is 6. The van der Waals surface area contributed by atoms with Gasteiger partial charge in [-0.25, -0.2) is 0 Å². The van der Waals surface area contributed by atoms with Crippen LogP contribution in [0.25, 0.3) is 21.5 Å². The fourth-order valence-corrected chi connectivity index (χ4v) is 11.8. The van der Waals surface area contributed by atoms with Gasteiger partial charge in [0.05, 0.1) is 16.9 Å². The second kappa shape index (κ2) is 20.0. The van der Waals surface area contributed by atoms with Gasteiger partial charge in [0.2, 0.25) is 10.9 Å². The van der Waals surface area contributed by atoms with Crippen molar-refractivity contribution in [2.75, 3.05) is 0 Å². The zero-order valence-electron chi connectivity index (χ0n) is 43.7. The summed E-state index contributed by atoms with van der Waals surface area (Å²) < 4.78 is 24.5. The van der Waals surface area contributed by atoms with Crippen LogP contribution in [0.2, 0.25) is 0 Å². The van der Waals surface area contributed by atoms with Gasteiger partial charge in [-0.15, -0.1) is 0 Å². The van der Waals surface area contributed by atoms with Gasteiger partial charge in [-0.2, -0.15) is 0 Å². The number of aliphatic hydroxyl groups excluding tert-OH is 1. The highest BCUT2D eigenvalue weighted by Crippen LogP contribution is 2.53. The molecule has 21 nitrogen and oxygen atoms in total. The van der Waals surface area contributed by atoms with Crippen LogP contribution in [0.3, 0.4) is 0 Å². The van der Waals surface area contributed by atoms with Gasteiger partial charge in [-0.3, -0.25) is 9.59 Å². The Bertz CT molecular complexity index is 3860. The minimum atomic E-state index is -1.28. The number of rotatable bonds is 4. The maximum absolute atomic E-state index is 13.1. The van der Waals surface area contributed by atoms with E-state index in [9.17, 15) is 86.2 Å². The fraction of sp³-hybridized carbons (Fsp3) is 0.246. The second-order valence-corrected chi connectivity index (χ2v) is 21.5. The second-order valence-electron chi connectivity index (χ2n) is 21.5. The van der Waals surface area contributed by atoms with E-state index in [1.165, 1.54) is 60.7 Å². The summed E-state index contributed by atoms with van der Waals surface area (Å²) in [6, 6.07) is 17.9. The van der Waals surface area contributed by atoms with E-state index in [2.05, 4.69) is 0 Å². The summed E-state index contributed by atoms with van der Waals surface area (Å²) in [6.07, 6.45) is -3.86. The van der Waals surface area contributed by atoms with Crippen LogP contribution in [0.5, 0.6) is 103 Å². The molecule has 8 atom stereocenters. The van der Waals surface area contributed by atoms with E-state index in [4.69, 9.17) is 18.9 Å². The Hall–Kier alpha value is -10.0. The van der Waals surface area contributed by atoms with Gasteiger partial charge < -0.3 is 95.5 Å². The molecule has 0 saturated carbocycles. The summed E-state index contributed by atoms with van der Waals surface area (Å²) in [5, 5.41) is 156. The molecule has 4 aliphatic heterocycles. The molecule has 0 saturated heterocycles. The maximum atomic E-state index is 13.1. The summed E-state index contributed by atoms with van der Waals surface area (Å²) in [7, 11) is 0. The zero-order chi connectivity index (χ0) is 58.7. The number of aliphatic hydroxyl groups is 1. The largest absolute Gasteiger partial charge is 0.508 e. The average molecular weight is 1120 g/mol. The summed E-state index contributed by atoms with van der Waals surface area (Å²) in [6.45, 7) is 5.56. The molecule has 0 spiro atoms. The highest BCUT2D eigenvalue weighted by atomic mass is 16.5. The summed E-state index contributed by atoms with van der Waals surface area (Å²) in [4.78, 5) is 26.2. The number of fused-ring (bicyclic) bond motifs is 6. The van der Waals surface area contributed by atoms with E-state index in [1.807, 2.05) is 20.8 Å². The monoisotopic (exact) mass is 1120 g/mol. The number of ether oxygens (including phenoxy) is 4. The summed E-state index contributed by atoms with van der Waals surface area (Å²) in [5.41, 5.74) is 1.13. The van der Waals surface area contributed by atoms with Gasteiger partial charge in [0.15, 0.2) is 40.6 Å². The number of hydrogen-bond acceptors (Lipinski definition) is 21. The number of phenolic OH excluding ortho intramolecular Hbond substituents is 12. The summed E-state index contributed by atoms with van der Waals surface area (Å²) in [5.74, 6) is -5.94. The Kier molecular flexibility index (Phi) is 13.1. The first-order valence-electron chi connectivity index (χ1n) is 25.9. The van der Waals surface area contributed by atoms with Crippen molar-refractivity contribution >= 4 is 21.5 Å². The molecule has 0 amide bonds. The van der Waals surface area contributed by atoms with Crippen LogP contribution in [0.15, 0.2) is 94.5 Å². The molecule has 82 heavy (non-hydrogen) atoms. The molecular formula is C61H54O21. The Labute approximate surface area is 463 Å². The molecule has 2 unspecified atom stereocenters. The van der Waals surface area contributed by atoms with Gasteiger partial charge in [-0.05, 0) is 77.6 Å². The minimum absolute atomic E-state index is 0.0622. The predicted octanol–water partition coefficient (Wildman–Crippen LogP) is 8.25. The lowest BCUT2D eigenvalue weighted by atomic mass is 9.85. The van der Waals surface area contributed by atoms with E-state index in [-0.39, 0.29) is 131 Å². The van der Waals surface area contributed by atoms with Crippen LogP contribution in [0, 0.1) is 17.8 Å². The maximum Gasteiger partial charge on any atom is 0.221 e. The van der Waals surface area contributed by atoms with Gasteiger partial charge in [-0.1, -0.05) is 20.8 Å². The predicted molar refractivity (Wildman–Crippen MR) is 291 cm³/mol. The van der Waals surface area contributed by atoms with Gasteiger partial charge in [0.1, 0.15) is 87.3 Å². The van der Waals surface area contributed by atoms with Crippen LogP contribution in [-0.2, 0) is 25.7 Å². The van der Waals surface area contributed by atoms with Crippen LogP contribution < -0.4 is 29.8 Å². The third kappa shape index (κ3) is 9.23. The molecular weight excluding hydrogens is 1070 g/mol. The highest BCUT2D eigenvalue weighted by Gasteiger charge is 2.38. The van der Waals surface area contributed by atoms with Crippen molar-refractivity contribution in [3.63, 3.8) is 0 Å². The molecule has 0 bridgehead atoms. The number of phenols is 12. The van der Waals surface area contributed by atoms with Crippen molar-refractivity contribution in [2.45, 2.75) is 77.0 Å². The molecule has 424 valence electrons. The Morgan fingerprint density at radius 2 is 0.646 bits per heavy atom. The van der Waals surface area contributed by atoms with Crippen molar-refractivity contribution < 1.29 is 95.5 Å².